The quantitative estimate of drug-likeness (QED) is 0.847. The van der Waals surface area contributed by atoms with E-state index in [0.717, 1.165) is 30.8 Å². The summed E-state index contributed by atoms with van der Waals surface area (Å²) in [6, 6.07) is 7.74. The highest BCUT2D eigenvalue weighted by molar-refractivity contribution is 7.99. The largest absolute Gasteiger partial charge is 0.341 e. The second-order valence-electron chi connectivity index (χ2n) is 6.86. The summed E-state index contributed by atoms with van der Waals surface area (Å²) in [7, 11) is 0. The van der Waals surface area contributed by atoms with Gasteiger partial charge in [0.25, 0.3) is 5.56 Å². The van der Waals surface area contributed by atoms with Gasteiger partial charge in [0.1, 0.15) is 0 Å². The summed E-state index contributed by atoms with van der Waals surface area (Å²) in [6.07, 6.45) is 6.46. The number of likely N-dealkylation sites (tertiary alicyclic amines) is 1. The van der Waals surface area contributed by atoms with E-state index in [4.69, 9.17) is 0 Å². The molecule has 2 aliphatic heterocycles. The topological polar surface area (TPSA) is 55.2 Å². The van der Waals surface area contributed by atoms with Crippen LogP contribution in [0.2, 0.25) is 0 Å². The molecule has 130 valence electrons. The molecule has 4 heterocycles. The minimum absolute atomic E-state index is 0.0593. The Labute approximate surface area is 151 Å². The number of hydrogen-bond acceptors (Lipinski definition) is 4. The molecule has 0 aliphatic carbocycles. The maximum absolute atomic E-state index is 13.0. The van der Waals surface area contributed by atoms with Gasteiger partial charge in [-0.2, -0.15) is 11.8 Å². The Hall–Kier alpha value is -2.08. The maximum Gasteiger partial charge on any atom is 0.258 e. The van der Waals surface area contributed by atoms with E-state index in [1.165, 1.54) is 0 Å². The first-order valence-electron chi connectivity index (χ1n) is 8.58. The van der Waals surface area contributed by atoms with Gasteiger partial charge < -0.3 is 9.47 Å². The zero-order chi connectivity index (χ0) is 17.4. The van der Waals surface area contributed by atoms with Crippen LogP contribution in [0, 0.1) is 5.92 Å². The molecular weight excluding hydrogens is 334 g/mol. The molecule has 1 saturated heterocycles. The van der Waals surface area contributed by atoms with Crippen LogP contribution >= 0.6 is 11.8 Å². The number of aromatic nitrogens is 2. The molecule has 1 amide bonds. The standard InChI is InChI=1S/C19H21N3O2S/c1-25-12-18(23)21-9-13-7-15(11-21)17-5-4-16(19(24)22(17)10-13)14-3-2-6-20-8-14/h2-6,8,13,15H,7,9-12H2,1H3/t13-,15-/m1/s1. The Balaban J connectivity index is 1.68. The van der Waals surface area contributed by atoms with Gasteiger partial charge in [0.15, 0.2) is 0 Å². The first kappa shape index (κ1) is 16.4. The van der Waals surface area contributed by atoms with E-state index >= 15 is 0 Å². The molecule has 2 atom stereocenters. The van der Waals surface area contributed by atoms with Gasteiger partial charge in [0.05, 0.1) is 5.75 Å². The predicted molar refractivity (Wildman–Crippen MR) is 99.7 cm³/mol. The molecule has 2 bridgehead atoms. The monoisotopic (exact) mass is 355 g/mol. The number of carbonyl (C=O) groups is 1. The third-order valence-corrected chi connectivity index (χ3v) is 5.73. The number of nitrogens with zero attached hydrogens (tertiary/aromatic N) is 3. The molecule has 25 heavy (non-hydrogen) atoms. The van der Waals surface area contributed by atoms with Crippen molar-refractivity contribution in [3.8, 4) is 11.1 Å². The summed E-state index contributed by atoms with van der Waals surface area (Å²) in [4.78, 5) is 31.4. The zero-order valence-electron chi connectivity index (χ0n) is 14.2. The van der Waals surface area contributed by atoms with Crippen molar-refractivity contribution >= 4 is 17.7 Å². The highest BCUT2D eigenvalue weighted by Crippen LogP contribution is 2.35. The Morgan fingerprint density at radius 1 is 1.28 bits per heavy atom. The molecule has 6 heteroatoms. The number of amides is 1. The van der Waals surface area contributed by atoms with E-state index in [1.54, 1.807) is 24.2 Å². The number of fused-ring (bicyclic) bond motifs is 4. The van der Waals surface area contributed by atoms with Crippen molar-refractivity contribution in [1.82, 2.24) is 14.5 Å². The van der Waals surface area contributed by atoms with E-state index in [-0.39, 0.29) is 17.4 Å². The van der Waals surface area contributed by atoms with Gasteiger partial charge in [-0.1, -0.05) is 6.07 Å². The Morgan fingerprint density at radius 3 is 2.92 bits per heavy atom. The summed E-state index contributed by atoms with van der Waals surface area (Å²) in [5.41, 5.74) is 2.68. The number of piperidine rings is 1. The van der Waals surface area contributed by atoms with Crippen LogP contribution in [0.3, 0.4) is 0 Å². The molecule has 0 aromatic carbocycles. The molecule has 0 spiro atoms. The summed E-state index contributed by atoms with van der Waals surface area (Å²) >= 11 is 1.57. The molecule has 4 rings (SSSR count). The van der Waals surface area contributed by atoms with E-state index < -0.39 is 0 Å². The van der Waals surface area contributed by atoms with Crippen LogP contribution in [0.15, 0.2) is 41.5 Å². The summed E-state index contributed by atoms with van der Waals surface area (Å²) in [6.45, 7) is 2.18. The van der Waals surface area contributed by atoms with E-state index in [1.807, 2.05) is 33.9 Å². The molecular formula is C19H21N3O2S. The lowest BCUT2D eigenvalue weighted by Crippen LogP contribution is -2.49. The fraction of sp³-hybridized carbons (Fsp3) is 0.421. The molecule has 2 aromatic heterocycles. The normalized spacial score (nSPS) is 21.7. The lowest BCUT2D eigenvalue weighted by Gasteiger charge is -2.43. The van der Waals surface area contributed by atoms with Gasteiger partial charge in [-0.15, -0.1) is 0 Å². The summed E-state index contributed by atoms with van der Waals surface area (Å²) in [5, 5.41) is 0. The average Bonchev–Trinajstić information content (AvgIpc) is 2.63. The van der Waals surface area contributed by atoms with Gasteiger partial charge in [0, 0.05) is 54.8 Å². The fourth-order valence-electron chi connectivity index (χ4n) is 4.11. The molecule has 1 fully saturated rings. The Morgan fingerprint density at radius 2 is 2.16 bits per heavy atom. The molecule has 0 unspecified atom stereocenters. The molecule has 2 aromatic rings. The second-order valence-corrected chi connectivity index (χ2v) is 7.73. The van der Waals surface area contributed by atoms with Crippen LogP contribution in [0.1, 0.15) is 18.0 Å². The summed E-state index contributed by atoms with van der Waals surface area (Å²) < 4.78 is 1.93. The number of pyridine rings is 2. The number of thioether (sulfide) groups is 1. The first-order chi connectivity index (χ1) is 12.2. The van der Waals surface area contributed by atoms with Crippen molar-refractivity contribution < 1.29 is 4.79 Å². The van der Waals surface area contributed by atoms with E-state index in [0.29, 0.717) is 23.8 Å². The number of rotatable bonds is 3. The molecule has 0 radical (unpaired) electrons. The smallest absolute Gasteiger partial charge is 0.258 e. The third kappa shape index (κ3) is 2.99. The van der Waals surface area contributed by atoms with Crippen molar-refractivity contribution in [1.29, 1.82) is 0 Å². The van der Waals surface area contributed by atoms with Gasteiger partial charge in [-0.3, -0.25) is 14.6 Å². The molecule has 0 N–H and O–H groups in total. The van der Waals surface area contributed by atoms with E-state index in [2.05, 4.69) is 11.1 Å². The number of carbonyl (C=O) groups excluding carboxylic acids is 1. The minimum Gasteiger partial charge on any atom is -0.341 e. The second kappa shape index (κ2) is 6.67. The van der Waals surface area contributed by atoms with Crippen molar-refractivity contribution in [2.24, 2.45) is 5.92 Å². The highest BCUT2D eigenvalue weighted by atomic mass is 32.2. The lowest BCUT2D eigenvalue weighted by molar-refractivity contribution is -0.131. The van der Waals surface area contributed by atoms with Crippen LogP contribution in [-0.2, 0) is 11.3 Å². The molecule has 5 nitrogen and oxygen atoms in total. The van der Waals surface area contributed by atoms with Crippen molar-refractivity contribution in [3.63, 3.8) is 0 Å². The lowest BCUT2D eigenvalue weighted by atomic mass is 9.83. The third-order valence-electron chi connectivity index (χ3n) is 5.20. The first-order valence-corrected chi connectivity index (χ1v) is 9.97. The van der Waals surface area contributed by atoms with Gasteiger partial charge in [-0.05, 0) is 36.8 Å². The van der Waals surface area contributed by atoms with Crippen molar-refractivity contribution in [2.75, 3.05) is 25.1 Å². The van der Waals surface area contributed by atoms with Crippen LogP contribution in [0.5, 0.6) is 0 Å². The SMILES string of the molecule is CSCC(=O)N1C[C@H]2C[C@H](C1)c1ccc(-c3cccnc3)c(=O)n1C2. The summed E-state index contributed by atoms with van der Waals surface area (Å²) in [5.74, 6) is 1.37. The predicted octanol–water partition coefficient (Wildman–Crippen LogP) is 2.22. The highest BCUT2D eigenvalue weighted by Gasteiger charge is 2.36. The van der Waals surface area contributed by atoms with Crippen molar-refractivity contribution in [2.45, 2.75) is 18.9 Å². The zero-order valence-corrected chi connectivity index (χ0v) is 15.0. The van der Waals surface area contributed by atoms with Gasteiger partial charge in [-0.25, -0.2) is 0 Å². The molecule has 2 aliphatic rings. The Kier molecular flexibility index (Phi) is 4.37. The van der Waals surface area contributed by atoms with Crippen LogP contribution in [0.4, 0.5) is 0 Å². The van der Waals surface area contributed by atoms with Crippen LogP contribution in [-0.4, -0.2) is 45.5 Å². The van der Waals surface area contributed by atoms with Crippen LogP contribution < -0.4 is 5.56 Å². The minimum atomic E-state index is 0.0593. The fourth-order valence-corrected chi connectivity index (χ4v) is 4.54. The number of hydrogen-bond donors (Lipinski definition) is 0. The van der Waals surface area contributed by atoms with Gasteiger partial charge in [0.2, 0.25) is 5.91 Å². The van der Waals surface area contributed by atoms with E-state index in [9.17, 15) is 9.59 Å². The molecule has 0 saturated carbocycles. The van der Waals surface area contributed by atoms with Gasteiger partial charge >= 0.3 is 0 Å². The average molecular weight is 355 g/mol. The van der Waals surface area contributed by atoms with Crippen molar-refractivity contribution in [3.05, 3.63) is 52.7 Å². The van der Waals surface area contributed by atoms with Crippen LogP contribution in [0.25, 0.3) is 11.1 Å². The maximum atomic E-state index is 13.0. The Bertz CT molecular complexity index is 849.